The molecule has 0 amide bonds. The van der Waals surface area contributed by atoms with Crippen molar-refractivity contribution in [2.24, 2.45) is 0 Å². The molecule has 0 fully saturated rings. The molecule has 19 rings (SSSR count). The first-order valence-electron chi connectivity index (χ1n) is 32.5. The topological polar surface area (TPSA) is 57.7 Å². The second-order valence-electron chi connectivity index (χ2n) is 25.9. The van der Waals surface area contributed by atoms with Gasteiger partial charge < -0.3 is 37.9 Å². The SMILES string of the molecule is Cc1cccc(N(c2cccc(C)c2)c2cc(C)c3cc(N4c5ccccc5C(C)(C)c5cc6c(cc54)oc4ccccc46)c(C)cc3c2)c1.c1ccc2c(c1)Oc1ccccc1N2c1cccc2c(N3c4ccccc4Oc4cc5c(cc43)oc3ccccc35)cccc12. The van der Waals surface area contributed by atoms with Gasteiger partial charge in [-0.05, 0) is 199 Å². The number of anilines is 12. The minimum atomic E-state index is -0.195. The summed E-state index contributed by atoms with van der Waals surface area (Å²) in [6.07, 6.45) is 0. The van der Waals surface area contributed by atoms with Crippen LogP contribution in [0.25, 0.3) is 65.4 Å². The number of hydrogen-bond donors (Lipinski definition) is 0. The van der Waals surface area contributed by atoms with Gasteiger partial charge in [0.1, 0.15) is 22.3 Å². The molecule has 456 valence electrons. The monoisotopic (exact) mass is 1230 g/mol. The van der Waals surface area contributed by atoms with Gasteiger partial charge in [0.25, 0.3) is 0 Å². The van der Waals surface area contributed by atoms with Crippen molar-refractivity contribution in [3.63, 3.8) is 0 Å². The first-order chi connectivity index (χ1) is 46.5. The molecule has 16 aromatic rings. The van der Waals surface area contributed by atoms with Gasteiger partial charge >= 0.3 is 0 Å². The van der Waals surface area contributed by atoms with E-state index in [-0.39, 0.29) is 5.41 Å². The van der Waals surface area contributed by atoms with E-state index >= 15 is 0 Å². The summed E-state index contributed by atoms with van der Waals surface area (Å²) >= 11 is 0. The fourth-order valence-electron chi connectivity index (χ4n) is 15.1. The van der Waals surface area contributed by atoms with Crippen LogP contribution < -0.4 is 29.1 Å². The molecule has 95 heavy (non-hydrogen) atoms. The van der Waals surface area contributed by atoms with Crippen LogP contribution in [0.5, 0.6) is 23.0 Å². The summed E-state index contributed by atoms with van der Waals surface area (Å²) in [4.78, 5) is 9.46. The summed E-state index contributed by atoms with van der Waals surface area (Å²) in [5, 5.41) is 9.14. The quantitative estimate of drug-likeness (QED) is 0.163. The van der Waals surface area contributed by atoms with Crippen molar-refractivity contribution in [2.45, 2.75) is 47.0 Å². The maximum absolute atomic E-state index is 6.56. The van der Waals surface area contributed by atoms with Gasteiger partial charge in [0.2, 0.25) is 0 Å². The highest BCUT2D eigenvalue weighted by Crippen LogP contribution is 2.58. The van der Waals surface area contributed by atoms with Gasteiger partial charge in [0.15, 0.2) is 23.0 Å². The van der Waals surface area contributed by atoms with E-state index in [2.05, 4.69) is 280 Å². The molecule has 0 N–H and O–H groups in total. The molecule has 0 atom stereocenters. The minimum absolute atomic E-state index is 0.195. The molecule has 8 nitrogen and oxygen atoms in total. The molecule has 5 heterocycles. The smallest absolute Gasteiger partial charge is 0.152 e. The average molecular weight is 1230 g/mol. The maximum atomic E-state index is 6.56. The molecule has 3 aliphatic rings. The summed E-state index contributed by atoms with van der Waals surface area (Å²) in [6, 6.07) is 98.9. The summed E-state index contributed by atoms with van der Waals surface area (Å²) in [5.41, 5.74) is 23.9. The number of furan rings is 2. The van der Waals surface area contributed by atoms with E-state index in [1.165, 1.54) is 61.2 Å². The molecule has 0 spiro atoms. The van der Waals surface area contributed by atoms with Crippen molar-refractivity contribution in [1.29, 1.82) is 0 Å². The zero-order valence-corrected chi connectivity index (χ0v) is 53.5. The Bertz CT molecular complexity index is 5750. The molecule has 14 aromatic carbocycles. The van der Waals surface area contributed by atoms with Crippen molar-refractivity contribution in [2.75, 3.05) is 19.6 Å². The standard InChI is InChI=1S/C47H40N2O.C40H24N2O3/c1-29-13-11-15-34(21-29)48(35-16-12-14-30(2)22-35)36-24-31(3)38-27-43(32(4)23-33(38)25-36)49-42-19-9-8-18-40(42)47(5,6)41-26-39-37-17-7-10-20-45(37)50-46(39)28-44(41)49;1-5-19-35-27(11-1)28-23-40-34(24-39(28)43-35)42(33-16-4-8-22-38(33)45-40)30-18-10-12-25-26(30)13-9-17-29(25)41-31-14-2-6-20-36(31)44-37-21-7-3-15-32(37)41/h7-28H,1-6H3;1-24H. The first-order valence-corrected chi connectivity index (χ1v) is 32.5. The molecule has 0 aliphatic carbocycles. The zero-order chi connectivity index (χ0) is 63.8. The van der Waals surface area contributed by atoms with E-state index < -0.39 is 0 Å². The summed E-state index contributed by atoms with van der Waals surface area (Å²) in [6.45, 7) is 13.5. The number of nitrogens with zero attached hydrogens (tertiary/aromatic N) is 4. The van der Waals surface area contributed by atoms with E-state index in [9.17, 15) is 0 Å². The number of aryl methyl sites for hydroxylation is 4. The van der Waals surface area contributed by atoms with Crippen molar-refractivity contribution in [3.8, 4) is 23.0 Å². The van der Waals surface area contributed by atoms with Crippen molar-refractivity contribution < 1.29 is 18.3 Å². The van der Waals surface area contributed by atoms with Gasteiger partial charge in [-0.25, -0.2) is 0 Å². The molecule has 0 saturated carbocycles. The lowest BCUT2D eigenvalue weighted by Gasteiger charge is -2.42. The summed E-state index contributed by atoms with van der Waals surface area (Å²) in [7, 11) is 0. The second-order valence-corrected chi connectivity index (χ2v) is 25.9. The Labute approximate surface area is 550 Å². The van der Waals surface area contributed by atoms with Crippen molar-refractivity contribution >= 4 is 134 Å². The Morgan fingerprint density at radius 2 is 0.737 bits per heavy atom. The zero-order valence-electron chi connectivity index (χ0n) is 53.5. The normalized spacial score (nSPS) is 13.3. The molecular formula is C87H64N4O4. The summed E-state index contributed by atoms with van der Waals surface area (Å²) in [5.74, 6) is 3.25. The second kappa shape index (κ2) is 21.6. The van der Waals surface area contributed by atoms with Gasteiger partial charge in [-0.2, -0.15) is 0 Å². The highest BCUT2D eigenvalue weighted by molar-refractivity contribution is 6.12. The maximum Gasteiger partial charge on any atom is 0.152 e. The van der Waals surface area contributed by atoms with Gasteiger partial charge in [0.05, 0.1) is 45.5 Å². The van der Waals surface area contributed by atoms with Crippen LogP contribution in [0.2, 0.25) is 0 Å². The number of benzene rings is 14. The molecule has 0 saturated heterocycles. The third kappa shape index (κ3) is 8.96. The lowest BCUT2D eigenvalue weighted by atomic mass is 9.73. The number of fused-ring (bicyclic) bond motifs is 14. The molecule has 0 unspecified atom stereocenters. The van der Waals surface area contributed by atoms with Crippen molar-refractivity contribution in [3.05, 3.63) is 312 Å². The molecule has 8 heteroatoms. The largest absolute Gasteiger partial charge is 0.456 e. The van der Waals surface area contributed by atoms with Gasteiger partial charge in [-0.15, -0.1) is 0 Å². The predicted molar refractivity (Wildman–Crippen MR) is 392 cm³/mol. The number of rotatable bonds is 6. The number of para-hydroxylation sites is 9. The third-order valence-electron chi connectivity index (χ3n) is 19.5. The van der Waals surface area contributed by atoms with Crippen LogP contribution in [-0.2, 0) is 5.41 Å². The molecule has 0 radical (unpaired) electrons. The summed E-state index contributed by atoms with van der Waals surface area (Å²) < 4.78 is 25.7. The lowest BCUT2D eigenvalue weighted by molar-refractivity contribution is 0.477. The number of ether oxygens (including phenoxy) is 2. The molecule has 2 aromatic heterocycles. The Balaban J connectivity index is 0.000000140. The van der Waals surface area contributed by atoms with Crippen LogP contribution in [0.3, 0.4) is 0 Å². The Morgan fingerprint density at radius 3 is 1.33 bits per heavy atom. The van der Waals surface area contributed by atoms with E-state index in [0.717, 1.165) is 129 Å². The van der Waals surface area contributed by atoms with Crippen molar-refractivity contribution in [1.82, 2.24) is 0 Å². The van der Waals surface area contributed by atoms with Crippen LogP contribution in [0.15, 0.2) is 288 Å². The van der Waals surface area contributed by atoms with E-state index in [0.29, 0.717) is 0 Å². The molecule has 0 bridgehead atoms. The highest BCUT2D eigenvalue weighted by Gasteiger charge is 2.39. The number of hydrogen-bond acceptors (Lipinski definition) is 8. The van der Waals surface area contributed by atoms with E-state index in [4.69, 9.17) is 18.3 Å². The minimum Gasteiger partial charge on any atom is -0.456 e. The van der Waals surface area contributed by atoms with E-state index in [1.807, 2.05) is 60.7 Å². The van der Waals surface area contributed by atoms with Crippen LogP contribution >= 0.6 is 0 Å². The average Bonchev–Trinajstić information content (AvgIpc) is 1.49. The van der Waals surface area contributed by atoms with Crippen LogP contribution in [0.1, 0.15) is 47.2 Å². The highest BCUT2D eigenvalue weighted by atomic mass is 16.5. The first kappa shape index (κ1) is 55.8. The molecule has 3 aliphatic heterocycles. The fraction of sp³-hybridized carbons (Fsp3) is 0.0805. The Morgan fingerprint density at radius 1 is 0.274 bits per heavy atom. The van der Waals surface area contributed by atoms with Crippen LogP contribution in [0.4, 0.5) is 68.2 Å². The molecular weight excluding hydrogens is 1160 g/mol. The lowest BCUT2D eigenvalue weighted by Crippen LogP contribution is -2.30. The van der Waals surface area contributed by atoms with Gasteiger partial charge in [0, 0.05) is 72.6 Å². The third-order valence-corrected chi connectivity index (χ3v) is 19.5. The van der Waals surface area contributed by atoms with Crippen LogP contribution in [-0.4, -0.2) is 0 Å². The predicted octanol–water partition coefficient (Wildman–Crippen LogP) is 25.4. The van der Waals surface area contributed by atoms with Gasteiger partial charge in [-0.3, -0.25) is 0 Å². The van der Waals surface area contributed by atoms with Crippen LogP contribution in [0, 0.1) is 27.7 Å². The van der Waals surface area contributed by atoms with Gasteiger partial charge in [-0.1, -0.05) is 153 Å². The Kier molecular flexibility index (Phi) is 12.7. The fourth-order valence-corrected chi connectivity index (χ4v) is 15.1. The van der Waals surface area contributed by atoms with E-state index in [1.54, 1.807) is 0 Å². The Hall–Kier alpha value is -12.0.